The number of hydrogen-bond acceptors (Lipinski definition) is 1. The third-order valence-corrected chi connectivity index (χ3v) is 3.02. The van der Waals surface area contributed by atoms with E-state index in [0.717, 1.165) is 17.7 Å². The van der Waals surface area contributed by atoms with Crippen LogP contribution in [0.5, 0.6) is 0 Å². The van der Waals surface area contributed by atoms with E-state index in [2.05, 4.69) is 0 Å². The van der Waals surface area contributed by atoms with E-state index in [4.69, 9.17) is 0 Å². The van der Waals surface area contributed by atoms with Crippen LogP contribution >= 0.6 is 0 Å². The van der Waals surface area contributed by atoms with Gasteiger partial charge in [-0.15, -0.1) is 0 Å². The molecule has 0 saturated heterocycles. The average Bonchev–Trinajstić information content (AvgIpc) is 2.45. The fourth-order valence-electron chi connectivity index (χ4n) is 2.06. The monoisotopic (exact) mass is 292 g/mol. The second-order valence-corrected chi connectivity index (χ2v) is 4.76. The third kappa shape index (κ3) is 3.95. The van der Waals surface area contributed by atoms with E-state index in [1.54, 1.807) is 13.0 Å². The molecule has 21 heavy (non-hydrogen) atoms. The number of rotatable bonds is 3. The maximum atomic E-state index is 12.6. The van der Waals surface area contributed by atoms with Crippen LogP contribution in [-0.4, -0.2) is 11.2 Å². The molecule has 4 heteroatoms. The molecule has 1 atom stereocenters. The summed E-state index contributed by atoms with van der Waals surface area (Å²) in [6.07, 6.45) is -3.42. The summed E-state index contributed by atoms with van der Waals surface area (Å²) in [5.74, 6) is 0. The first-order chi connectivity index (χ1) is 9.88. The molecule has 0 unspecified atom stereocenters. The van der Waals surface area contributed by atoms with Gasteiger partial charge in [-0.05, 0) is 41.8 Å². The van der Waals surface area contributed by atoms with E-state index in [1.807, 2.05) is 30.3 Å². The highest BCUT2D eigenvalue weighted by Gasteiger charge is 2.30. The fourth-order valence-corrected chi connectivity index (χ4v) is 2.06. The van der Waals surface area contributed by atoms with Gasteiger partial charge in [-0.25, -0.2) is 0 Å². The van der Waals surface area contributed by atoms with E-state index >= 15 is 0 Å². The first kappa shape index (κ1) is 15.3. The van der Waals surface area contributed by atoms with Gasteiger partial charge < -0.3 is 5.11 Å². The van der Waals surface area contributed by atoms with Crippen LogP contribution in [-0.2, 0) is 6.18 Å². The van der Waals surface area contributed by atoms with Gasteiger partial charge in [0.15, 0.2) is 0 Å². The molecule has 1 nitrogen and oxygen atoms in total. The number of aliphatic hydroxyl groups is 1. The van der Waals surface area contributed by atoms with Crippen molar-refractivity contribution in [3.8, 4) is 0 Å². The summed E-state index contributed by atoms with van der Waals surface area (Å²) in [4.78, 5) is 0. The molecule has 2 rings (SSSR count). The summed E-state index contributed by atoms with van der Waals surface area (Å²) in [7, 11) is 0. The van der Waals surface area contributed by atoms with Crippen LogP contribution in [0.3, 0.4) is 0 Å². The first-order valence-electron chi connectivity index (χ1n) is 6.51. The van der Waals surface area contributed by atoms with Gasteiger partial charge in [0.1, 0.15) is 0 Å². The molecular weight excluding hydrogens is 277 g/mol. The van der Waals surface area contributed by atoms with Crippen molar-refractivity contribution in [3.63, 3.8) is 0 Å². The molecule has 1 N–H and O–H groups in total. The van der Waals surface area contributed by atoms with E-state index in [0.29, 0.717) is 11.1 Å². The number of hydrogen-bond donors (Lipinski definition) is 1. The zero-order valence-electron chi connectivity index (χ0n) is 11.4. The molecule has 110 valence electrons. The summed E-state index contributed by atoms with van der Waals surface area (Å²) in [6, 6.07) is 14.2. The molecule has 0 aromatic heterocycles. The van der Waals surface area contributed by atoms with Crippen LogP contribution < -0.4 is 0 Å². The van der Waals surface area contributed by atoms with Crippen LogP contribution in [0.15, 0.2) is 60.7 Å². The molecule has 0 amide bonds. The normalized spacial score (nSPS) is 14.0. The molecule has 0 saturated carbocycles. The van der Waals surface area contributed by atoms with Crippen molar-refractivity contribution in [2.75, 3.05) is 0 Å². The van der Waals surface area contributed by atoms with Crippen LogP contribution in [0.2, 0.25) is 0 Å². The largest absolute Gasteiger partial charge is 0.416 e. The molecule has 0 bridgehead atoms. The lowest BCUT2D eigenvalue weighted by Crippen LogP contribution is -2.04. The lowest BCUT2D eigenvalue weighted by atomic mass is 9.95. The average molecular weight is 292 g/mol. The van der Waals surface area contributed by atoms with Gasteiger partial charge >= 0.3 is 6.18 Å². The van der Waals surface area contributed by atoms with Gasteiger partial charge in [-0.2, -0.15) is 13.2 Å². The standard InChI is InChI=1S/C17H15F3O/c1-12(21)11-16(13-5-3-2-4-6-13)14-7-9-15(10-8-14)17(18,19)20/h2-12,21H,1H3/b16-11+/t12-/m0/s1. The SMILES string of the molecule is C[C@H](O)/C=C(\c1ccccc1)c1ccc(C(F)(F)F)cc1. The lowest BCUT2D eigenvalue weighted by molar-refractivity contribution is -0.137. The zero-order valence-corrected chi connectivity index (χ0v) is 11.4. The van der Waals surface area contributed by atoms with Gasteiger partial charge in [0.25, 0.3) is 0 Å². The lowest BCUT2D eigenvalue weighted by Gasteiger charge is -2.12. The number of halogens is 3. The van der Waals surface area contributed by atoms with Gasteiger partial charge in [0.05, 0.1) is 11.7 Å². The molecule has 2 aromatic carbocycles. The molecule has 2 aromatic rings. The molecule has 0 aliphatic heterocycles. The number of aliphatic hydroxyl groups excluding tert-OH is 1. The zero-order chi connectivity index (χ0) is 15.5. The third-order valence-electron chi connectivity index (χ3n) is 3.02. The maximum Gasteiger partial charge on any atom is 0.416 e. The maximum absolute atomic E-state index is 12.6. The predicted molar refractivity (Wildman–Crippen MR) is 76.6 cm³/mol. The molecule has 0 fully saturated rings. The van der Waals surface area contributed by atoms with Crippen LogP contribution in [0.1, 0.15) is 23.6 Å². The Morgan fingerprint density at radius 1 is 0.952 bits per heavy atom. The van der Waals surface area contributed by atoms with Gasteiger partial charge in [0.2, 0.25) is 0 Å². The van der Waals surface area contributed by atoms with Crippen LogP contribution in [0, 0.1) is 0 Å². The Kier molecular flexibility index (Phi) is 4.48. The minimum absolute atomic E-state index is 0.634. The van der Waals surface area contributed by atoms with Gasteiger partial charge in [-0.3, -0.25) is 0 Å². The van der Waals surface area contributed by atoms with Crippen molar-refractivity contribution in [3.05, 3.63) is 77.4 Å². The fraction of sp³-hybridized carbons (Fsp3) is 0.176. The van der Waals surface area contributed by atoms with Crippen molar-refractivity contribution in [2.24, 2.45) is 0 Å². The Hall–Kier alpha value is -2.07. The molecule has 0 spiro atoms. The highest BCUT2D eigenvalue weighted by Crippen LogP contribution is 2.31. The number of alkyl halides is 3. The Bertz CT molecular complexity index is 611. The smallest absolute Gasteiger partial charge is 0.389 e. The first-order valence-corrected chi connectivity index (χ1v) is 6.51. The molecule has 0 aliphatic rings. The van der Waals surface area contributed by atoms with Crippen molar-refractivity contribution >= 4 is 5.57 Å². The van der Waals surface area contributed by atoms with E-state index in [1.165, 1.54) is 12.1 Å². The van der Waals surface area contributed by atoms with E-state index in [-0.39, 0.29) is 0 Å². The quantitative estimate of drug-likeness (QED) is 0.882. The minimum atomic E-state index is -4.35. The summed E-state index contributed by atoms with van der Waals surface area (Å²) in [6.45, 7) is 1.60. The summed E-state index contributed by atoms with van der Waals surface area (Å²) in [5, 5.41) is 9.57. The molecule has 0 aliphatic carbocycles. The highest BCUT2D eigenvalue weighted by molar-refractivity contribution is 5.80. The van der Waals surface area contributed by atoms with Crippen molar-refractivity contribution < 1.29 is 18.3 Å². The Morgan fingerprint density at radius 3 is 1.95 bits per heavy atom. The van der Waals surface area contributed by atoms with Gasteiger partial charge in [0, 0.05) is 0 Å². The van der Waals surface area contributed by atoms with E-state index in [9.17, 15) is 18.3 Å². The summed E-state index contributed by atoms with van der Waals surface area (Å²) in [5.41, 5.74) is 1.50. The molecular formula is C17H15F3O. The Labute approximate surface area is 121 Å². The Morgan fingerprint density at radius 2 is 1.48 bits per heavy atom. The summed E-state index contributed by atoms with van der Waals surface area (Å²) >= 11 is 0. The predicted octanol–water partition coefficient (Wildman–Crippen LogP) is 4.52. The highest BCUT2D eigenvalue weighted by atomic mass is 19.4. The second-order valence-electron chi connectivity index (χ2n) is 4.76. The molecule has 0 heterocycles. The Balaban J connectivity index is 2.44. The van der Waals surface area contributed by atoms with E-state index < -0.39 is 17.8 Å². The molecule has 0 radical (unpaired) electrons. The van der Waals surface area contributed by atoms with Crippen LogP contribution in [0.4, 0.5) is 13.2 Å². The van der Waals surface area contributed by atoms with Gasteiger partial charge in [-0.1, -0.05) is 42.5 Å². The van der Waals surface area contributed by atoms with Crippen LogP contribution in [0.25, 0.3) is 5.57 Å². The summed E-state index contributed by atoms with van der Waals surface area (Å²) < 4.78 is 37.8. The van der Waals surface area contributed by atoms with Crippen molar-refractivity contribution in [1.82, 2.24) is 0 Å². The second kappa shape index (κ2) is 6.14. The number of benzene rings is 2. The van der Waals surface area contributed by atoms with Crippen molar-refractivity contribution in [2.45, 2.75) is 19.2 Å². The topological polar surface area (TPSA) is 20.2 Å². The van der Waals surface area contributed by atoms with Crippen molar-refractivity contribution in [1.29, 1.82) is 0 Å². The minimum Gasteiger partial charge on any atom is -0.389 e.